The molecular formula is C36H43N3O7. The molecule has 0 bridgehead atoms. The zero-order valence-electron chi connectivity index (χ0n) is 26.2. The molecule has 1 aliphatic heterocycles. The number of esters is 1. The van der Waals surface area contributed by atoms with Gasteiger partial charge in [-0.25, -0.2) is 4.79 Å². The van der Waals surface area contributed by atoms with Crippen molar-refractivity contribution in [3.8, 4) is 11.5 Å². The third-order valence-corrected chi connectivity index (χ3v) is 8.46. The zero-order valence-corrected chi connectivity index (χ0v) is 26.2. The molecule has 1 saturated heterocycles. The second-order valence-corrected chi connectivity index (χ2v) is 12.0. The SMILES string of the molecule is CN1CCC[C@@H](OC(=O)C(O)(c2ccccc2)c2cccc(OCCCCCNC[C@H](O)c3ccc(O)c4[nH]c(=O)ccc34)c2)C1. The van der Waals surface area contributed by atoms with Gasteiger partial charge in [0.05, 0.1) is 18.2 Å². The van der Waals surface area contributed by atoms with E-state index in [4.69, 9.17) is 9.47 Å². The van der Waals surface area contributed by atoms with Crippen molar-refractivity contribution in [2.75, 3.05) is 39.8 Å². The summed E-state index contributed by atoms with van der Waals surface area (Å²) in [5, 5.41) is 36.6. The first-order valence-corrected chi connectivity index (χ1v) is 15.9. The number of piperidine rings is 1. The Morgan fingerprint density at radius 1 is 1.04 bits per heavy atom. The van der Waals surface area contributed by atoms with Crippen molar-refractivity contribution >= 4 is 16.9 Å². The third kappa shape index (κ3) is 7.94. The molecule has 1 unspecified atom stereocenters. The lowest BCUT2D eigenvalue weighted by Crippen LogP contribution is -2.44. The summed E-state index contributed by atoms with van der Waals surface area (Å²) in [7, 11) is 2.00. The first-order chi connectivity index (χ1) is 22.3. The van der Waals surface area contributed by atoms with E-state index < -0.39 is 17.7 Å². The van der Waals surface area contributed by atoms with Gasteiger partial charge >= 0.3 is 5.97 Å². The van der Waals surface area contributed by atoms with Crippen molar-refractivity contribution < 1.29 is 29.6 Å². The van der Waals surface area contributed by atoms with Crippen molar-refractivity contribution in [2.24, 2.45) is 0 Å². The van der Waals surface area contributed by atoms with Gasteiger partial charge in [-0.1, -0.05) is 48.5 Å². The Balaban J connectivity index is 1.11. The normalized spacial score (nSPS) is 17.3. The van der Waals surface area contributed by atoms with Gasteiger partial charge in [-0.3, -0.25) is 4.79 Å². The topological polar surface area (TPSA) is 144 Å². The van der Waals surface area contributed by atoms with E-state index >= 15 is 0 Å². The highest BCUT2D eigenvalue weighted by atomic mass is 16.6. The van der Waals surface area contributed by atoms with E-state index in [9.17, 15) is 24.9 Å². The highest BCUT2D eigenvalue weighted by Gasteiger charge is 2.43. The number of aromatic amines is 1. The second kappa shape index (κ2) is 15.4. The molecule has 1 fully saturated rings. The fraction of sp³-hybridized carbons (Fsp3) is 0.389. The Bertz CT molecular complexity index is 1660. The van der Waals surface area contributed by atoms with Crippen molar-refractivity contribution in [2.45, 2.75) is 49.9 Å². The molecule has 46 heavy (non-hydrogen) atoms. The quantitative estimate of drug-likeness (QED) is 0.103. The maximum Gasteiger partial charge on any atom is 0.348 e. The summed E-state index contributed by atoms with van der Waals surface area (Å²) in [6.45, 7) is 3.08. The number of unbranched alkanes of at least 4 members (excludes halogenated alkanes) is 2. The first kappa shape index (κ1) is 33.2. The lowest BCUT2D eigenvalue weighted by atomic mass is 9.86. The predicted molar refractivity (Wildman–Crippen MR) is 176 cm³/mol. The molecule has 3 aromatic carbocycles. The third-order valence-electron chi connectivity index (χ3n) is 8.46. The number of aromatic nitrogens is 1. The number of phenolic OH excluding ortho intramolecular Hbond substituents is 1. The van der Waals surface area contributed by atoms with Crippen LogP contribution >= 0.6 is 0 Å². The highest BCUT2D eigenvalue weighted by Crippen LogP contribution is 2.34. The number of benzene rings is 3. The molecule has 2 heterocycles. The molecule has 0 aliphatic carbocycles. The number of phenols is 1. The number of pyridine rings is 1. The predicted octanol–water partition coefficient (Wildman–Crippen LogP) is 3.98. The fourth-order valence-corrected chi connectivity index (χ4v) is 5.96. The van der Waals surface area contributed by atoms with Crippen LogP contribution in [0.1, 0.15) is 54.9 Å². The van der Waals surface area contributed by atoms with Gasteiger partial charge in [0.15, 0.2) is 0 Å². The number of rotatable bonds is 14. The number of carbonyl (C=O) groups excluding carboxylic acids is 1. The molecule has 0 saturated carbocycles. The van der Waals surface area contributed by atoms with E-state index in [1.807, 2.05) is 19.2 Å². The zero-order chi connectivity index (χ0) is 32.5. The lowest BCUT2D eigenvalue weighted by molar-refractivity contribution is -0.170. The van der Waals surface area contributed by atoms with E-state index in [2.05, 4.69) is 15.2 Å². The minimum Gasteiger partial charge on any atom is -0.506 e. The number of aliphatic hydroxyl groups excluding tert-OH is 1. The number of likely N-dealkylation sites (N-methyl/N-ethyl adjacent to an activating group) is 1. The van der Waals surface area contributed by atoms with Gasteiger partial charge in [-0.2, -0.15) is 0 Å². The number of aromatic hydroxyl groups is 1. The molecule has 1 aromatic heterocycles. The van der Waals surface area contributed by atoms with Gasteiger partial charge in [0.2, 0.25) is 11.2 Å². The van der Waals surface area contributed by atoms with Crippen LogP contribution in [-0.2, 0) is 15.1 Å². The van der Waals surface area contributed by atoms with Crippen LogP contribution in [0.2, 0.25) is 0 Å². The molecule has 3 atom stereocenters. The number of ether oxygens (including phenoxy) is 2. The van der Waals surface area contributed by atoms with Gasteiger partial charge in [0.1, 0.15) is 17.6 Å². The molecule has 0 amide bonds. The molecule has 4 aromatic rings. The van der Waals surface area contributed by atoms with E-state index in [-0.39, 0.29) is 17.4 Å². The Morgan fingerprint density at radius 2 is 1.85 bits per heavy atom. The Kier molecular flexibility index (Phi) is 11.1. The fourth-order valence-electron chi connectivity index (χ4n) is 5.96. The average Bonchev–Trinajstić information content (AvgIpc) is 3.06. The number of carbonyl (C=O) groups is 1. The number of hydrogen-bond donors (Lipinski definition) is 5. The standard InChI is InChI=1S/C36H43N3O7/c1-39-20-9-14-28(24-39)46-35(43)36(44,25-10-4-2-5-11-25)26-12-8-13-27(22-26)45-21-7-3-6-19-37-23-32(41)29-15-17-31(40)34-30(29)16-18-33(42)38-34/h2,4-5,8,10-13,15-18,22,28,32,37,40-41,44H,3,6-7,9,14,19-21,23-24H2,1H3,(H,38,42)/t28-,32+,36?/m1/s1. The van der Waals surface area contributed by atoms with Crippen molar-refractivity contribution in [1.29, 1.82) is 0 Å². The van der Waals surface area contributed by atoms with Gasteiger partial charge in [0, 0.05) is 30.1 Å². The van der Waals surface area contributed by atoms with Crippen molar-refractivity contribution in [3.05, 3.63) is 106 Å². The van der Waals surface area contributed by atoms with Crippen LogP contribution in [0.5, 0.6) is 11.5 Å². The van der Waals surface area contributed by atoms with E-state index in [0.29, 0.717) is 59.6 Å². The van der Waals surface area contributed by atoms with Crippen LogP contribution in [0.15, 0.2) is 83.7 Å². The van der Waals surface area contributed by atoms with Gasteiger partial charge in [-0.15, -0.1) is 0 Å². The maximum absolute atomic E-state index is 13.6. The second-order valence-electron chi connectivity index (χ2n) is 12.0. The van der Waals surface area contributed by atoms with E-state index in [1.165, 1.54) is 12.1 Å². The molecule has 0 spiro atoms. The van der Waals surface area contributed by atoms with Crippen molar-refractivity contribution in [3.63, 3.8) is 0 Å². The summed E-state index contributed by atoms with van der Waals surface area (Å²) in [6.07, 6.45) is 3.17. The summed E-state index contributed by atoms with van der Waals surface area (Å²) in [4.78, 5) is 30.0. The Morgan fingerprint density at radius 3 is 2.65 bits per heavy atom. The summed E-state index contributed by atoms with van der Waals surface area (Å²) in [5.41, 5.74) is -0.529. The number of nitrogens with one attached hydrogen (secondary N) is 2. The number of nitrogens with zero attached hydrogens (tertiary/aromatic N) is 1. The van der Waals surface area contributed by atoms with Crippen LogP contribution in [-0.4, -0.2) is 77.1 Å². The molecule has 244 valence electrons. The molecular weight excluding hydrogens is 586 g/mol. The first-order valence-electron chi connectivity index (χ1n) is 15.9. The van der Waals surface area contributed by atoms with E-state index in [0.717, 1.165) is 38.6 Å². The Labute approximate surface area is 268 Å². The minimum absolute atomic E-state index is 0.0391. The number of likely N-dealkylation sites (tertiary alicyclic amines) is 1. The van der Waals surface area contributed by atoms with Crippen molar-refractivity contribution in [1.82, 2.24) is 15.2 Å². The van der Waals surface area contributed by atoms with Crippen LogP contribution in [0.4, 0.5) is 0 Å². The summed E-state index contributed by atoms with van der Waals surface area (Å²) in [5.74, 6) is -0.175. The van der Waals surface area contributed by atoms with Crippen LogP contribution in [0.25, 0.3) is 10.9 Å². The number of fused-ring (bicyclic) bond motifs is 1. The molecule has 10 nitrogen and oxygen atoms in total. The van der Waals surface area contributed by atoms with Gasteiger partial charge in [0.25, 0.3) is 0 Å². The van der Waals surface area contributed by atoms with E-state index in [1.54, 1.807) is 54.6 Å². The van der Waals surface area contributed by atoms with Crippen LogP contribution in [0.3, 0.4) is 0 Å². The lowest BCUT2D eigenvalue weighted by Gasteiger charge is -2.33. The monoisotopic (exact) mass is 629 g/mol. The van der Waals surface area contributed by atoms with Crippen LogP contribution in [0, 0.1) is 0 Å². The maximum atomic E-state index is 13.6. The molecule has 0 radical (unpaired) electrons. The summed E-state index contributed by atoms with van der Waals surface area (Å²) >= 11 is 0. The van der Waals surface area contributed by atoms with Gasteiger partial charge in [-0.05, 0) is 87.6 Å². The average molecular weight is 630 g/mol. The Hall–Kier alpha value is -4.22. The largest absolute Gasteiger partial charge is 0.506 e. The molecule has 5 rings (SSSR count). The minimum atomic E-state index is -1.98. The number of hydrogen-bond acceptors (Lipinski definition) is 9. The summed E-state index contributed by atoms with van der Waals surface area (Å²) in [6, 6.07) is 22.0. The molecule has 1 aliphatic rings. The highest BCUT2D eigenvalue weighted by molar-refractivity contribution is 5.87. The molecule has 5 N–H and O–H groups in total. The summed E-state index contributed by atoms with van der Waals surface area (Å²) < 4.78 is 11.9. The van der Waals surface area contributed by atoms with Crippen LogP contribution < -0.4 is 15.6 Å². The van der Waals surface area contributed by atoms with Gasteiger partial charge < -0.3 is 40.0 Å². The number of H-pyrrole nitrogens is 1. The number of aliphatic hydroxyl groups is 2. The smallest absolute Gasteiger partial charge is 0.348 e. The molecule has 10 heteroatoms.